The number of nitrogens with two attached hydrogens (primary N) is 1. The number of ether oxygens (including phenoxy) is 2. The van der Waals surface area contributed by atoms with E-state index >= 15 is 0 Å². The fraction of sp³-hybridized carbons (Fsp3) is 0.273. The van der Waals surface area contributed by atoms with E-state index in [1.54, 1.807) is 0 Å². The predicted octanol–water partition coefficient (Wildman–Crippen LogP) is 1.95. The molecule has 2 N–H and O–H groups in total. The summed E-state index contributed by atoms with van der Waals surface area (Å²) in [7, 11) is 2.60. The number of hydrogen-bond donors (Lipinski definition) is 1. The van der Waals surface area contributed by atoms with Crippen LogP contribution >= 0.6 is 0 Å². The Balaban J connectivity index is 3.39. The quantitative estimate of drug-likeness (QED) is 0.858. The maximum Gasteiger partial charge on any atom is 0.197 e. The maximum absolute atomic E-state index is 13.5. The van der Waals surface area contributed by atoms with Gasteiger partial charge in [0.1, 0.15) is 5.82 Å². The van der Waals surface area contributed by atoms with Crippen molar-refractivity contribution >= 4 is 6.08 Å². The molecule has 88 valence electrons. The molecule has 1 aromatic rings. The predicted molar refractivity (Wildman–Crippen MR) is 57.6 cm³/mol. The minimum atomic E-state index is -0.804. The van der Waals surface area contributed by atoms with Crippen molar-refractivity contribution in [2.45, 2.75) is 0 Å². The molecule has 0 fully saturated rings. The third kappa shape index (κ3) is 2.30. The van der Waals surface area contributed by atoms with Gasteiger partial charge in [-0.05, 0) is 0 Å². The SMILES string of the molecule is COc1c(F)cc(F)c(/C=C/CN)c1OC. The van der Waals surface area contributed by atoms with Crippen LogP contribution in [0.2, 0.25) is 0 Å². The number of hydrogen-bond acceptors (Lipinski definition) is 3. The average Bonchev–Trinajstić information content (AvgIpc) is 2.27. The molecule has 5 heteroatoms. The van der Waals surface area contributed by atoms with Gasteiger partial charge in [0.25, 0.3) is 0 Å². The molecule has 0 atom stereocenters. The molecule has 0 aromatic heterocycles. The van der Waals surface area contributed by atoms with Gasteiger partial charge < -0.3 is 15.2 Å². The molecule has 0 saturated heterocycles. The van der Waals surface area contributed by atoms with E-state index in [1.807, 2.05) is 0 Å². The second-order valence-corrected chi connectivity index (χ2v) is 2.96. The molecule has 16 heavy (non-hydrogen) atoms. The molecule has 1 rings (SSSR count). The summed E-state index contributed by atoms with van der Waals surface area (Å²) >= 11 is 0. The molecule has 0 aliphatic carbocycles. The van der Waals surface area contributed by atoms with Crippen molar-refractivity contribution in [1.29, 1.82) is 0 Å². The van der Waals surface area contributed by atoms with E-state index in [0.29, 0.717) is 0 Å². The highest BCUT2D eigenvalue weighted by Gasteiger charge is 2.18. The second-order valence-electron chi connectivity index (χ2n) is 2.96. The molecular formula is C11H13F2NO2. The first kappa shape index (κ1) is 12.4. The lowest BCUT2D eigenvalue weighted by molar-refractivity contribution is 0.333. The van der Waals surface area contributed by atoms with E-state index in [2.05, 4.69) is 0 Å². The first-order chi connectivity index (χ1) is 7.65. The zero-order chi connectivity index (χ0) is 12.1. The van der Waals surface area contributed by atoms with Gasteiger partial charge in [0.15, 0.2) is 17.3 Å². The molecule has 0 aliphatic rings. The van der Waals surface area contributed by atoms with Crippen LogP contribution in [-0.2, 0) is 0 Å². The van der Waals surface area contributed by atoms with Gasteiger partial charge >= 0.3 is 0 Å². The molecule has 0 bridgehead atoms. The minimum absolute atomic E-state index is 0.0182. The van der Waals surface area contributed by atoms with Gasteiger partial charge in [0, 0.05) is 12.6 Å². The summed E-state index contributed by atoms with van der Waals surface area (Å²) in [5.74, 6) is -1.63. The standard InChI is InChI=1S/C11H13F2NO2/c1-15-10-7(4-3-5-14)8(12)6-9(13)11(10)16-2/h3-4,6H,5,14H2,1-2H3/b4-3+. The average molecular weight is 229 g/mol. The lowest BCUT2D eigenvalue weighted by Gasteiger charge is -2.12. The number of halogens is 2. The first-order valence-electron chi connectivity index (χ1n) is 4.62. The van der Waals surface area contributed by atoms with Crippen molar-refractivity contribution in [1.82, 2.24) is 0 Å². The maximum atomic E-state index is 13.5. The van der Waals surface area contributed by atoms with Crippen LogP contribution in [0.1, 0.15) is 5.56 Å². The Morgan fingerprint density at radius 1 is 1.19 bits per heavy atom. The zero-order valence-electron chi connectivity index (χ0n) is 9.09. The highest BCUT2D eigenvalue weighted by molar-refractivity contribution is 5.63. The van der Waals surface area contributed by atoms with Crippen LogP contribution in [0.5, 0.6) is 11.5 Å². The summed E-state index contributed by atoms with van der Waals surface area (Å²) in [6.45, 7) is 0.252. The Kier molecular flexibility index (Phi) is 4.25. The van der Waals surface area contributed by atoms with Crippen molar-refractivity contribution < 1.29 is 18.3 Å². The molecule has 0 aliphatic heterocycles. The summed E-state index contributed by atoms with van der Waals surface area (Å²) in [6, 6.07) is 0.748. The largest absolute Gasteiger partial charge is 0.492 e. The third-order valence-electron chi connectivity index (χ3n) is 2.01. The summed E-state index contributed by atoms with van der Waals surface area (Å²) < 4.78 is 36.5. The Morgan fingerprint density at radius 3 is 2.31 bits per heavy atom. The van der Waals surface area contributed by atoms with Crippen LogP contribution in [0, 0.1) is 11.6 Å². The molecule has 0 heterocycles. The van der Waals surface area contributed by atoms with Crippen LogP contribution in [0.4, 0.5) is 8.78 Å². The molecular weight excluding hydrogens is 216 g/mol. The van der Waals surface area contributed by atoms with Gasteiger partial charge in [-0.2, -0.15) is 0 Å². The van der Waals surface area contributed by atoms with Gasteiger partial charge in [-0.1, -0.05) is 12.2 Å². The van der Waals surface area contributed by atoms with Gasteiger partial charge in [-0.15, -0.1) is 0 Å². The van der Waals surface area contributed by atoms with Crippen molar-refractivity contribution in [2.24, 2.45) is 5.73 Å². The highest BCUT2D eigenvalue weighted by atomic mass is 19.1. The Hall–Kier alpha value is -1.62. The highest BCUT2D eigenvalue weighted by Crippen LogP contribution is 2.36. The van der Waals surface area contributed by atoms with Crippen LogP contribution < -0.4 is 15.2 Å². The summed E-state index contributed by atoms with van der Waals surface area (Å²) in [5, 5.41) is 0. The van der Waals surface area contributed by atoms with Crippen LogP contribution in [0.15, 0.2) is 12.1 Å². The molecule has 0 spiro atoms. The first-order valence-corrected chi connectivity index (χ1v) is 4.62. The van der Waals surface area contributed by atoms with Crippen LogP contribution in [0.3, 0.4) is 0 Å². The lowest BCUT2D eigenvalue weighted by Crippen LogP contribution is -2.00. The molecule has 0 radical (unpaired) electrons. The van der Waals surface area contributed by atoms with E-state index < -0.39 is 11.6 Å². The van der Waals surface area contributed by atoms with Crippen LogP contribution in [-0.4, -0.2) is 20.8 Å². The van der Waals surface area contributed by atoms with Crippen molar-refractivity contribution in [3.63, 3.8) is 0 Å². The Labute approximate surface area is 92.5 Å². The van der Waals surface area contributed by atoms with Crippen molar-refractivity contribution in [3.05, 3.63) is 29.3 Å². The monoisotopic (exact) mass is 229 g/mol. The molecule has 0 amide bonds. The van der Waals surface area contributed by atoms with Gasteiger partial charge in [-0.25, -0.2) is 8.78 Å². The summed E-state index contributed by atoms with van der Waals surface area (Å²) in [5.41, 5.74) is 5.38. The van der Waals surface area contributed by atoms with E-state index in [4.69, 9.17) is 15.2 Å². The Morgan fingerprint density at radius 2 is 1.81 bits per heavy atom. The smallest absolute Gasteiger partial charge is 0.197 e. The van der Waals surface area contributed by atoms with Gasteiger partial charge in [0.2, 0.25) is 0 Å². The van der Waals surface area contributed by atoms with E-state index in [0.717, 1.165) is 6.07 Å². The summed E-state index contributed by atoms with van der Waals surface area (Å²) in [6.07, 6.45) is 2.97. The number of benzene rings is 1. The minimum Gasteiger partial charge on any atom is -0.492 e. The fourth-order valence-electron chi connectivity index (χ4n) is 1.33. The molecule has 3 nitrogen and oxygen atoms in total. The lowest BCUT2D eigenvalue weighted by atomic mass is 10.1. The van der Waals surface area contributed by atoms with Crippen molar-refractivity contribution in [2.75, 3.05) is 20.8 Å². The van der Waals surface area contributed by atoms with Gasteiger partial charge in [-0.3, -0.25) is 0 Å². The topological polar surface area (TPSA) is 44.5 Å². The fourth-order valence-corrected chi connectivity index (χ4v) is 1.33. The summed E-state index contributed by atoms with van der Waals surface area (Å²) in [4.78, 5) is 0. The van der Waals surface area contributed by atoms with Crippen molar-refractivity contribution in [3.8, 4) is 11.5 Å². The van der Waals surface area contributed by atoms with Gasteiger partial charge in [0.05, 0.1) is 19.8 Å². The molecule has 1 aromatic carbocycles. The Bertz CT molecular complexity index is 405. The zero-order valence-corrected chi connectivity index (χ0v) is 9.09. The third-order valence-corrected chi connectivity index (χ3v) is 2.01. The van der Waals surface area contributed by atoms with Crippen LogP contribution in [0.25, 0.3) is 6.08 Å². The normalized spacial score (nSPS) is 10.8. The van der Waals surface area contributed by atoms with E-state index in [-0.39, 0.29) is 23.6 Å². The number of rotatable bonds is 4. The second kappa shape index (κ2) is 5.46. The number of methoxy groups -OCH3 is 2. The molecule has 0 unspecified atom stereocenters. The molecule has 0 saturated carbocycles. The van der Waals surface area contributed by atoms with E-state index in [9.17, 15) is 8.78 Å². The van der Waals surface area contributed by atoms with E-state index in [1.165, 1.54) is 26.4 Å².